The predicted molar refractivity (Wildman–Crippen MR) is 84.3 cm³/mol. The summed E-state index contributed by atoms with van der Waals surface area (Å²) in [5, 5.41) is 3.51. The molecule has 0 aromatic heterocycles. The molecule has 1 aromatic carbocycles. The molecule has 0 spiro atoms. The molecule has 0 aliphatic carbocycles. The Morgan fingerprint density at radius 3 is 2.56 bits per heavy atom. The summed E-state index contributed by atoms with van der Waals surface area (Å²) in [6.45, 7) is 9.50. The van der Waals surface area contributed by atoms with E-state index in [0.29, 0.717) is 0 Å². The largest absolute Gasteiger partial charge is 0.488 e. The van der Waals surface area contributed by atoms with Crippen molar-refractivity contribution in [2.75, 3.05) is 6.54 Å². The predicted octanol–water partition coefficient (Wildman–Crippen LogP) is 4.76. The number of halogens is 2. The van der Waals surface area contributed by atoms with Gasteiger partial charge in [-0.15, -0.1) is 0 Å². The Labute approximate surface area is 127 Å². The van der Waals surface area contributed by atoms with Gasteiger partial charge in [-0.2, -0.15) is 0 Å². The number of ether oxygens (including phenoxy) is 1. The van der Waals surface area contributed by atoms with Crippen LogP contribution in [0.1, 0.15) is 34.1 Å². The Morgan fingerprint density at radius 2 is 2.00 bits per heavy atom. The van der Waals surface area contributed by atoms with Crippen LogP contribution in [0, 0.1) is 0 Å². The molecule has 102 valence electrons. The second-order valence-electron chi connectivity index (χ2n) is 5.12. The zero-order valence-corrected chi connectivity index (χ0v) is 14.6. The van der Waals surface area contributed by atoms with Crippen LogP contribution >= 0.6 is 31.9 Å². The monoisotopic (exact) mass is 377 g/mol. The molecule has 1 unspecified atom stereocenters. The molecule has 1 aromatic rings. The van der Waals surface area contributed by atoms with E-state index in [1.807, 2.05) is 18.2 Å². The summed E-state index contributed by atoms with van der Waals surface area (Å²) < 4.78 is 7.92. The number of hydrogen-bond acceptors (Lipinski definition) is 2. The van der Waals surface area contributed by atoms with E-state index in [2.05, 4.69) is 64.9 Å². The van der Waals surface area contributed by atoms with Crippen molar-refractivity contribution >= 4 is 31.9 Å². The summed E-state index contributed by atoms with van der Waals surface area (Å²) in [4.78, 5) is 0. The molecule has 2 nitrogen and oxygen atoms in total. The van der Waals surface area contributed by atoms with Crippen molar-refractivity contribution in [1.29, 1.82) is 0 Å². The number of hydrogen-bond donors (Lipinski definition) is 1. The highest BCUT2D eigenvalue weighted by atomic mass is 79.9. The summed E-state index contributed by atoms with van der Waals surface area (Å²) in [6.07, 6.45) is 1.23. The van der Waals surface area contributed by atoms with E-state index in [1.54, 1.807) is 0 Å². The Kier molecular flexibility index (Phi) is 6.15. The van der Waals surface area contributed by atoms with Crippen molar-refractivity contribution in [2.24, 2.45) is 0 Å². The van der Waals surface area contributed by atoms with Crippen LogP contribution in [0.3, 0.4) is 0 Å². The van der Waals surface area contributed by atoms with Gasteiger partial charge < -0.3 is 10.1 Å². The smallest absolute Gasteiger partial charge is 0.134 e. The van der Waals surface area contributed by atoms with Gasteiger partial charge in [0.05, 0.1) is 4.47 Å². The van der Waals surface area contributed by atoms with Gasteiger partial charge in [0.2, 0.25) is 0 Å². The second kappa shape index (κ2) is 6.92. The maximum atomic E-state index is 5.91. The van der Waals surface area contributed by atoms with Gasteiger partial charge >= 0.3 is 0 Å². The standard InChI is InChI=1S/C14H21Br2NO/c1-5-14(3,4)17-9-10(2)18-13-7-6-11(15)8-12(13)16/h6-8,10,17H,5,9H2,1-4H3. The van der Waals surface area contributed by atoms with Crippen molar-refractivity contribution in [1.82, 2.24) is 5.32 Å². The quantitative estimate of drug-likeness (QED) is 0.770. The fraction of sp³-hybridized carbons (Fsp3) is 0.571. The molecule has 1 atom stereocenters. The van der Waals surface area contributed by atoms with Crippen molar-refractivity contribution in [3.63, 3.8) is 0 Å². The zero-order valence-electron chi connectivity index (χ0n) is 11.4. The van der Waals surface area contributed by atoms with E-state index >= 15 is 0 Å². The average Bonchev–Trinajstić information content (AvgIpc) is 2.30. The van der Waals surface area contributed by atoms with Crippen LogP contribution in [-0.2, 0) is 0 Å². The highest BCUT2D eigenvalue weighted by Crippen LogP contribution is 2.28. The van der Waals surface area contributed by atoms with Gasteiger partial charge in [0.25, 0.3) is 0 Å². The highest BCUT2D eigenvalue weighted by molar-refractivity contribution is 9.11. The maximum Gasteiger partial charge on any atom is 0.134 e. The summed E-state index contributed by atoms with van der Waals surface area (Å²) in [5.74, 6) is 0.877. The van der Waals surface area contributed by atoms with Crippen molar-refractivity contribution in [2.45, 2.75) is 45.8 Å². The minimum absolute atomic E-state index is 0.133. The molecule has 0 saturated heterocycles. The summed E-state index contributed by atoms with van der Waals surface area (Å²) in [5.41, 5.74) is 0.161. The van der Waals surface area contributed by atoms with Crippen LogP contribution in [0.4, 0.5) is 0 Å². The molecule has 4 heteroatoms. The van der Waals surface area contributed by atoms with E-state index in [0.717, 1.165) is 27.7 Å². The highest BCUT2D eigenvalue weighted by Gasteiger charge is 2.16. The lowest BCUT2D eigenvalue weighted by Gasteiger charge is -2.27. The molecule has 0 fully saturated rings. The maximum absolute atomic E-state index is 5.91. The first kappa shape index (κ1) is 16.0. The Bertz CT molecular complexity index is 393. The van der Waals surface area contributed by atoms with E-state index in [9.17, 15) is 0 Å². The fourth-order valence-electron chi connectivity index (χ4n) is 1.37. The molecular weight excluding hydrogens is 358 g/mol. The molecule has 0 saturated carbocycles. The molecule has 0 amide bonds. The van der Waals surface area contributed by atoms with E-state index in [-0.39, 0.29) is 11.6 Å². The Balaban J connectivity index is 2.52. The lowest BCUT2D eigenvalue weighted by Crippen LogP contribution is -2.43. The Hall–Kier alpha value is -0.0600. The van der Waals surface area contributed by atoms with Crippen molar-refractivity contribution in [3.8, 4) is 5.75 Å². The molecule has 0 bridgehead atoms. The van der Waals surface area contributed by atoms with E-state index < -0.39 is 0 Å². The van der Waals surface area contributed by atoms with Gasteiger partial charge in [0.15, 0.2) is 0 Å². The molecule has 0 radical (unpaired) electrons. The van der Waals surface area contributed by atoms with Gasteiger partial charge in [0, 0.05) is 16.6 Å². The average molecular weight is 379 g/mol. The number of rotatable bonds is 6. The van der Waals surface area contributed by atoms with Crippen LogP contribution in [0.5, 0.6) is 5.75 Å². The molecule has 18 heavy (non-hydrogen) atoms. The molecule has 0 aliphatic heterocycles. The Morgan fingerprint density at radius 1 is 1.33 bits per heavy atom. The zero-order chi connectivity index (χ0) is 13.8. The van der Waals surface area contributed by atoms with Gasteiger partial charge in [-0.1, -0.05) is 22.9 Å². The third-order valence-electron chi connectivity index (χ3n) is 2.97. The SMILES string of the molecule is CCC(C)(C)NCC(C)Oc1ccc(Br)cc1Br. The molecule has 1 rings (SSSR count). The third-order valence-corrected chi connectivity index (χ3v) is 4.09. The van der Waals surface area contributed by atoms with Gasteiger partial charge in [0.1, 0.15) is 11.9 Å². The lowest BCUT2D eigenvalue weighted by molar-refractivity contribution is 0.197. The van der Waals surface area contributed by atoms with Crippen LogP contribution in [0.25, 0.3) is 0 Å². The minimum atomic E-state index is 0.133. The van der Waals surface area contributed by atoms with Crippen LogP contribution < -0.4 is 10.1 Å². The van der Waals surface area contributed by atoms with Crippen molar-refractivity contribution < 1.29 is 4.74 Å². The van der Waals surface area contributed by atoms with Gasteiger partial charge in [-0.3, -0.25) is 0 Å². The van der Waals surface area contributed by atoms with Crippen molar-refractivity contribution in [3.05, 3.63) is 27.1 Å². The lowest BCUT2D eigenvalue weighted by atomic mass is 10.0. The van der Waals surface area contributed by atoms with Crippen LogP contribution in [0.15, 0.2) is 27.1 Å². The number of nitrogens with one attached hydrogen (secondary N) is 1. The molecule has 0 aliphatic rings. The number of benzene rings is 1. The summed E-state index contributed by atoms with van der Waals surface area (Å²) in [6, 6.07) is 5.94. The van der Waals surface area contributed by atoms with Gasteiger partial charge in [-0.05, 0) is 61.3 Å². The van der Waals surface area contributed by atoms with Crippen LogP contribution in [-0.4, -0.2) is 18.2 Å². The minimum Gasteiger partial charge on any atom is -0.488 e. The summed E-state index contributed by atoms with van der Waals surface area (Å²) >= 11 is 6.94. The summed E-state index contributed by atoms with van der Waals surface area (Å²) in [7, 11) is 0. The van der Waals surface area contributed by atoms with E-state index in [4.69, 9.17) is 4.74 Å². The van der Waals surface area contributed by atoms with E-state index in [1.165, 1.54) is 0 Å². The molecule has 0 heterocycles. The van der Waals surface area contributed by atoms with Gasteiger partial charge in [-0.25, -0.2) is 0 Å². The molecule has 1 N–H and O–H groups in total. The second-order valence-corrected chi connectivity index (χ2v) is 6.89. The normalized spacial score (nSPS) is 13.4. The van der Waals surface area contributed by atoms with Crippen LogP contribution in [0.2, 0.25) is 0 Å². The first-order valence-electron chi connectivity index (χ1n) is 6.21. The topological polar surface area (TPSA) is 21.3 Å². The molecular formula is C14H21Br2NO. The first-order valence-corrected chi connectivity index (χ1v) is 7.79. The first-order chi connectivity index (χ1) is 8.34. The fourth-order valence-corrected chi connectivity index (χ4v) is 2.51. The third kappa shape index (κ3) is 5.29.